The summed E-state index contributed by atoms with van der Waals surface area (Å²) in [4.78, 5) is 2.50. The van der Waals surface area contributed by atoms with Crippen LogP contribution < -0.4 is 4.90 Å². The first-order valence-corrected chi connectivity index (χ1v) is 21.3. The quantitative estimate of drug-likeness (QED) is 0.141. The van der Waals surface area contributed by atoms with E-state index in [1.165, 1.54) is 66.4 Å². The Balaban J connectivity index is 1.20. The Bertz CT molecular complexity index is 3310. The number of hydrogen-bond donors (Lipinski definition) is 0. The van der Waals surface area contributed by atoms with Crippen molar-refractivity contribution >= 4 is 38.9 Å². The summed E-state index contributed by atoms with van der Waals surface area (Å²) < 4.78 is 2.40. The molecule has 1 heterocycles. The average Bonchev–Trinajstić information content (AvgIpc) is 3.70. The van der Waals surface area contributed by atoms with E-state index >= 15 is 0 Å². The van der Waals surface area contributed by atoms with Gasteiger partial charge < -0.3 is 9.47 Å². The summed E-state index contributed by atoms with van der Waals surface area (Å²) in [5, 5.41) is 2.39. The highest BCUT2D eigenvalue weighted by Gasteiger charge is 2.26. The second-order valence-electron chi connectivity index (χ2n) is 15.7. The molecule has 292 valence electrons. The van der Waals surface area contributed by atoms with Crippen LogP contribution in [0, 0.1) is 0 Å². The van der Waals surface area contributed by atoms with Crippen molar-refractivity contribution in [3.63, 3.8) is 0 Å². The lowest BCUT2D eigenvalue weighted by atomic mass is 9.87. The topological polar surface area (TPSA) is 8.17 Å². The van der Waals surface area contributed by atoms with E-state index in [1.807, 2.05) is 0 Å². The summed E-state index contributed by atoms with van der Waals surface area (Å²) in [6.45, 7) is 0. The van der Waals surface area contributed by atoms with Crippen molar-refractivity contribution in [2.75, 3.05) is 4.90 Å². The normalized spacial score (nSPS) is 11.2. The molecule has 10 aromatic carbocycles. The van der Waals surface area contributed by atoms with Gasteiger partial charge in [-0.05, 0) is 105 Å². The summed E-state index contributed by atoms with van der Waals surface area (Å²) >= 11 is 0. The zero-order valence-corrected chi connectivity index (χ0v) is 34.1. The van der Waals surface area contributed by atoms with Gasteiger partial charge in [-0.2, -0.15) is 0 Å². The first-order chi connectivity index (χ1) is 30.8. The largest absolute Gasteiger partial charge is 0.309 e. The van der Waals surface area contributed by atoms with Crippen LogP contribution in [0.3, 0.4) is 0 Å². The van der Waals surface area contributed by atoms with E-state index in [0.717, 1.165) is 33.8 Å². The highest BCUT2D eigenvalue weighted by Crippen LogP contribution is 2.50. The molecule has 0 fully saturated rings. The summed E-state index contributed by atoms with van der Waals surface area (Å²) in [7, 11) is 0. The third-order valence-corrected chi connectivity index (χ3v) is 12.0. The highest BCUT2D eigenvalue weighted by molar-refractivity contribution is 6.17. The maximum Gasteiger partial charge on any atom is 0.0562 e. The van der Waals surface area contributed by atoms with E-state index in [4.69, 9.17) is 0 Å². The molecule has 0 radical (unpaired) electrons. The van der Waals surface area contributed by atoms with Gasteiger partial charge in [0.05, 0.1) is 22.4 Å². The summed E-state index contributed by atoms with van der Waals surface area (Å²) in [5.41, 5.74) is 18.5. The number of aromatic nitrogens is 1. The lowest BCUT2D eigenvalue weighted by Crippen LogP contribution is -2.12. The number of benzene rings is 10. The van der Waals surface area contributed by atoms with Crippen LogP contribution in [-0.2, 0) is 0 Å². The van der Waals surface area contributed by atoms with Crippen molar-refractivity contribution in [2.45, 2.75) is 0 Å². The van der Waals surface area contributed by atoms with Crippen molar-refractivity contribution in [3.05, 3.63) is 255 Å². The van der Waals surface area contributed by atoms with Gasteiger partial charge in [0.15, 0.2) is 0 Å². The molecule has 0 spiro atoms. The van der Waals surface area contributed by atoms with Crippen LogP contribution in [0.25, 0.3) is 83.1 Å². The first kappa shape index (κ1) is 36.8. The minimum absolute atomic E-state index is 1.07. The number of para-hydroxylation sites is 2. The van der Waals surface area contributed by atoms with Gasteiger partial charge in [0.1, 0.15) is 0 Å². The Hall–Kier alpha value is -8.20. The molecule has 11 aromatic rings. The Morgan fingerprint density at radius 3 is 1.45 bits per heavy atom. The van der Waals surface area contributed by atoms with E-state index in [9.17, 15) is 0 Å². The second kappa shape index (κ2) is 16.1. The molecule has 0 bridgehead atoms. The Labute approximate surface area is 362 Å². The minimum atomic E-state index is 1.07. The minimum Gasteiger partial charge on any atom is -0.309 e. The van der Waals surface area contributed by atoms with Crippen molar-refractivity contribution in [1.29, 1.82) is 0 Å². The number of hydrogen-bond acceptors (Lipinski definition) is 1. The maximum absolute atomic E-state index is 2.50. The fraction of sp³-hybridized carbons (Fsp3) is 0. The molecular weight excluding hydrogens is 749 g/mol. The van der Waals surface area contributed by atoms with Gasteiger partial charge in [-0.1, -0.05) is 200 Å². The van der Waals surface area contributed by atoms with Crippen LogP contribution in [0.2, 0.25) is 0 Å². The predicted octanol–water partition coefficient (Wildman–Crippen LogP) is 16.6. The molecule has 11 rings (SSSR count). The number of fused-ring (bicyclic) bond motifs is 3. The summed E-state index contributed by atoms with van der Waals surface area (Å²) in [6, 6.07) is 92.2. The fourth-order valence-corrected chi connectivity index (χ4v) is 9.20. The van der Waals surface area contributed by atoms with Crippen molar-refractivity contribution in [2.24, 2.45) is 0 Å². The molecule has 0 aliphatic carbocycles. The molecule has 2 nitrogen and oxygen atoms in total. The first-order valence-electron chi connectivity index (χ1n) is 21.3. The Morgan fingerprint density at radius 1 is 0.290 bits per heavy atom. The molecule has 1 aromatic heterocycles. The molecule has 0 N–H and O–H groups in total. The van der Waals surface area contributed by atoms with Crippen LogP contribution >= 0.6 is 0 Å². The van der Waals surface area contributed by atoms with E-state index in [-0.39, 0.29) is 0 Å². The molecule has 0 saturated heterocycles. The number of anilines is 3. The third kappa shape index (κ3) is 6.65. The van der Waals surface area contributed by atoms with Crippen LogP contribution in [-0.4, -0.2) is 4.57 Å². The van der Waals surface area contributed by atoms with Gasteiger partial charge in [0.25, 0.3) is 0 Å². The Kier molecular flexibility index (Phi) is 9.57. The monoisotopic (exact) mass is 790 g/mol. The van der Waals surface area contributed by atoms with Gasteiger partial charge in [0, 0.05) is 27.7 Å². The summed E-state index contributed by atoms with van der Waals surface area (Å²) in [6.07, 6.45) is 0. The smallest absolute Gasteiger partial charge is 0.0562 e. The number of nitrogens with zero attached hydrogens (tertiary/aromatic N) is 2. The lowest BCUT2D eigenvalue weighted by molar-refractivity contribution is 1.18. The molecule has 0 amide bonds. The van der Waals surface area contributed by atoms with E-state index in [1.54, 1.807) is 0 Å². The molecular formula is C60H42N2. The van der Waals surface area contributed by atoms with Crippen molar-refractivity contribution in [3.8, 4) is 61.3 Å². The van der Waals surface area contributed by atoms with Crippen LogP contribution in [0.1, 0.15) is 0 Å². The molecule has 0 aliphatic rings. The molecule has 0 saturated carbocycles. The van der Waals surface area contributed by atoms with Crippen molar-refractivity contribution < 1.29 is 0 Å². The van der Waals surface area contributed by atoms with Crippen LogP contribution in [0.4, 0.5) is 17.1 Å². The van der Waals surface area contributed by atoms with Gasteiger partial charge >= 0.3 is 0 Å². The predicted molar refractivity (Wildman–Crippen MR) is 263 cm³/mol. The molecule has 0 aliphatic heterocycles. The van der Waals surface area contributed by atoms with Gasteiger partial charge in [-0.25, -0.2) is 0 Å². The third-order valence-electron chi connectivity index (χ3n) is 12.0. The molecule has 62 heavy (non-hydrogen) atoms. The van der Waals surface area contributed by atoms with E-state index in [0.29, 0.717) is 0 Å². The lowest BCUT2D eigenvalue weighted by Gasteiger charge is -2.30. The van der Waals surface area contributed by atoms with Crippen molar-refractivity contribution in [1.82, 2.24) is 4.57 Å². The standard InChI is InChI=1S/C60H42N2/c1-5-20-43(21-6-1)47-26-17-27-48(42-47)44-38-40-50(41-39-44)62(58-37-19-36-57-60(58)54-32-15-16-34-55(54)61(57)49-28-11-4-12-29-49)56-35-18-33-52(46-24-9-3-10-25-46)59(56)53-31-14-13-30-51(53)45-22-7-2-8-23-45/h1-42H. The highest BCUT2D eigenvalue weighted by atomic mass is 15.2. The van der Waals surface area contributed by atoms with E-state index < -0.39 is 0 Å². The second-order valence-corrected chi connectivity index (χ2v) is 15.7. The van der Waals surface area contributed by atoms with Gasteiger partial charge in [-0.15, -0.1) is 0 Å². The van der Waals surface area contributed by atoms with Gasteiger partial charge in [-0.3, -0.25) is 0 Å². The van der Waals surface area contributed by atoms with Gasteiger partial charge in [0.2, 0.25) is 0 Å². The number of rotatable bonds is 9. The van der Waals surface area contributed by atoms with Crippen LogP contribution in [0.15, 0.2) is 255 Å². The SMILES string of the molecule is c1ccc(-c2cccc(-c3ccc(N(c4cccc(-c5ccccc5)c4-c4ccccc4-c4ccccc4)c4cccc5c4c4ccccc4n5-c4ccccc4)cc3)c2)cc1. The van der Waals surface area contributed by atoms with E-state index in [2.05, 4.69) is 264 Å². The fourth-order valence-electron chi connectivity index (χ4n) is 9.20. The molecule has 2 heteroatoms. The van der Waals surface area contributed by atoms with Crippen LogP contribution in [0.5, 0.6) is 0 Å². The zero-order chi connectivity index (χ0) is 41.2. The molecule has 0 unspecified atom stereocenters. The average molecular weight is 791 g/mol. The zero-order valence-electron chi connectivity index (χ0n) is 34.1. The summed E-state index contributed by atoms with van der Waals surface area (Å²) in [5.74, 6) is 0. The molecule has 0 atom stereocenters. The maximum atomic E-state index is 2.50. The Morgan fingerprint density at radius 2 is 0.758 bits per heavy atom.